The van der Waals surface area contributed by atoms with Crippen LogP contribution in [0.2, 0.25) is 0 Å². The number of amides is 1. The number of aromatic amines is 1. The molecule has 0 saturated carbocycles. The largest absolute Gasteiger partial charge is 0.497 e. The van der Waals surface area contributed by atoms with Crippen molar-refractivity contribution in [3.05, 3.63) is 29.5 Å². The molecule has 1 aliphatic rings. The van der Waals surface area contributed by atoms with Gasteiger partial charge in [-0.05, 0) is 31.5 Å². The fourth-order valence-corrected chi connectivity index (χ4v) is 4.57. The molecule has 118 valence electrons. The van der Waals surface area contributed by atoms with Gasteiger partial charge >= 0.3 is 0 Å². The minimum absolute atomic E-state index is 0.0173. The number of H-pyrrole nitrogens is 1. The van der Waals surface area contributed by atoms with Gasteiger partial charge in [0.05, 0.1) is 24.2 Å². The monoisotopic (exact) mass is 322 g/mol. The van der Waals surface area contributed by atoms with Crippen molar-refractivity contribution in [1.82, 2.24) is 10.3 Å². The normalized spacial score (nSPS) is 20.2. The molecule has 0 spiro atoms. The molecule has 2 aromatic rings. The Morgan fingerprint density at radius 2 is 2.18 bits per heavy atom. The van der Waals surface area contributed by atoms with Crippen LogP contribution in [-0.2, 0) is 9.84 Å². The van der Waals surface area contributed by atoms with E-state index in [1.165, 1.54) is 0 Å². The van der Waals surface area contributed by atoms with Gasteiger partial charge in [-0.2, -0.15) is 0 Å². The molecule has 7 heteroatoms. The minimum atomic E-state index is -3.02. The second kappa shape index (κ2) is 5.31. The molecule has 0 bridgehead atoms. The SMILES string of the molecule is COc1ccc2[nH]c(C)c(C(=O)NC3CCS(=O)(=O)C3)c2c1. The summed E-state index contributed by atoms with van der Waals surface area (Å²) >= 11 is 0. The van der Waals surface area contributed by atoms with Crippen LogP contribution in [0.3, 0.4) is 0 Å². The number of ether oxygens (including phenoxy) is 1. The quantitative estimate of drug-likeness (QED) is 0.894. The fourth-order valence-electron chi connectivity index (χ4n) is 2.89. The van der Waals surface area contributed by atoms with E-state index in [9.17, 15) is 13.2 Å². The van der Waals surface area contributed by atoms with E-state index < -0.39 is 9.84 Å². The summed E-state index contributed by atoms with van der Waals surface area (Å²) in [6, 6.07) is 5.17. The zero-order valence-electron chi connectivity index (χ0n) is 12.5. The number of benzene rings is 1. The van der Waals surface area contributed by atoms with Crippen LogP contribution in [-0.4, -0.2) is 44.0 Å². The van der Waals surface area contributed by atoms with Gasteiger partial charge in [0.2, 0.25) is 0 Å². The number of sulfone groups is 1. The molecule has 1 aromatic carbocycles. The highest BCUT2D eigenvalue weighted by Crippen LogP contribution is 2.26. The molecule has 1 saturated heterocycles. The van der Waals surface area contributed by atoms with E-state index in [2.05, 4.69) is 10.3 Å². The summed E-state index contributed by atoms with van der Waals surface area (Å²) < 4.78 is 28.2. The maximum atomic E-state index is 12.5. The number of nitrogens with one attached hydrogen (secondary N) is 2. The molecule has 0 aliphatic carbocycles. The predicted octanol–water partition coefficient (Wildman–Crippen LogP) is 1.40. The third-order valence-corrected chi connectivity index (χ3v) is 5.76. The maximum Gasteiger partial charge on any atom is 0.253 e. The number of carbonyl (C=O) groups is 1. The Hall–Kier alpha value is -2.02. The maximum absolute atomic E-state index is 12.5. The van der Waals surface area contributed by atoms with Gasteiger partial charge in [0.1, 0.15) is 5.75 Å². The van der Waals surface area contributed by atoms with Gasteiger partial charge in [0.25, 0.3) is 5.91 Å². The number of aromatic nitrogens is 1. The molecule has 2 N–H and O–H groups in total. The zero-order chi connectivity index (χ0) is 15.9. The predicted molar refractivity (Wildman–Crippen MR) is 84.1 cm³/mol. The highest BCUT2D eigenvalue weighted by atomic mass is 32.2. The van der Waals surface area contributed by atoms with Crippen molar-refractivity contribution >= 4 is 26.6 Å². The first kappa shape index (κ1) is 14.9. The summed E-state index contributed by atoms with van der Waals surface area (Å²) in [5.41, 5.74) is 2.14. The summed E-state index contributed by atoms with van der Waals surface area (Å²) in [6.07, 6.45) is 0.471. The number of aryl methyl sites for hydroxylation is 1. The van der Waals surface area contributed by atoms with Crippen molar-refractivity contribution in [3.8, 4) is 5.75 Å². The first-order chi connectivity index (χ1) is 10.4. The lowest BCUT2D eigenvalue weighted by Crippen LogP contribution is -2.35. The molecule has 3 rings (SSSR count). The Morgan fingerprint density at radius 1 is 1.41 bits per heavy atom. The molecule has 1 aromatic heterocycles. The van der Waals surface area contributed by atoms with E-state index in [4.69, 9.17) is 4.74 Å². The number of fused-ring (bicyclic) bond motifs is 1. The zero-order valence-corrected chi connectivity index (χ0v) is 13.3. The van der Waals surface area contributed by atoms with Gasteiger partial charge < -0.3 is 15.0 Å². The number of hydrogen-bond donors (Lipinski definition) is 2. The number of methoxy groups -OCH3 is 1. The van der Waals surface area contributed by atoms with E-state index in [0.717, 1.165) is 16.6 Å². The molecule has 0 radical (unpaired) electrons. The lowest BCUT2D eigenvalue weighted by molar-refractivity contribution is 0.0942. The molecule has 6 nitrogen and oxygen atoms in total. The van der Waals surface area contributed by atoms with Gasteiger partial charge in [0.15, 0.2) is 9.84 Å². The molecule has 1 unspecified atom stereocenters. The lowest BCUT2D eigenvalue weighted by atomic mass is 10.1. The van der Waals surface area contributed by atoms with Gasteiger partial charge in [0, 0.05) is 22.6 Å². The topological polar surface area (TPSA) is 88.3 Å². The Labute approximate surface area is 128 Å². The lowest BCUT2D eigenvalue weighted by Gasteiger charge is -2.11. The van der Waals surface area contributed by atoms with Crippen LogP contribution >= 0.6 is 0 Å². The van der Waals surface area contributed by atoms with Crippen LogP contribution in [0.25, 0.3) is 10.9 Å². The summed E-state index contributed by atoms with van der Waals surface area (Å²) in [6.45, 7) is 1.83. The number of rotatable bonds is 3. The summed E-state index contributed by atoms with van der Waals surface area (Å²) in [5.74, 6) is 0.574. The van der Waals surface area contributed by atoms with E-state index >= 15 is 0 Å². The average Bonchev–Trinajstić information content (AvgIpc) is 2.96. The Morgan fingerprint density at radius 3 is 2.82 bits per heavy atom. The smallest absolute Gasteiger partial charge is 0.253 e. The highest BCUT2D eigenvalue weighted by Gasteiger charge is 2.30. The third kappa shape index (κ3) is 2.68. The number of hydrogen-bond acceptors (Lipinski definition) is 4. The molecule has 2 heterocycles. The Kier molecular flexibility index (Phi) is 3.60. The van der Waals surface area contributed by atoms with E-state index in [0.29, 0.717) is 17.7 Å². The molecule has 1 amide bonds. The number of carbonyl (C=O) groups excluding carboxylic acids is 1. The van der Waals surface area contributed by atoms with Crippen molar-refractivity contribution in [2.75, 3.05) is 18.6 Å². The van der Waals surface area contributed by atoms with Crippen LogP contribution in [0.1, 0.15) is 22.5 Å². The fraction of sp³-hybridized carbons (Fsp3) is 0.400. The van der Waals surface area contributed by atoms with Crippen LogP contribution in [0.15, 0.2) is 18.2 Å². The van der Waals surface area contributed by atoms with Crippen molar-refractivity contribution in [2.45, 2.75) is 19.4 Å². The van der Waals surface area contributed by atoms with E-state index in [-0.39, 0.29) is 23.5 Å². The third-order valence-electron chi connectivity index (χ3n) is 3.99. The van der Waals surface area contributed by atoms with Gasteiger partial charge in [-0.1, -0.05) is 0 Å². The molecule has 22 heavy (non-hydrogen) atoms. The summed E-state index contributed by atoms with van der Waals surface area (Å²) in [4.78, 5) is 15.7. The van der Waals surface area contributed by atoms with Crippen molar-refractivity contribution in [1.29, 1.82) is 0 Å². The average molecular weight is 322 g/mol. The summed E-state index contributed by atoms with van der Waals surface area (Å²) in [7, 11) is -1.44. The molecular weight excluding hydrogens is 304 g/mol. The standard InChI is InChI=1S/C15H18N2O4S/c1-9-14(12-7-11(21-2)3-4-13(12)16-9)15(18)17-10-5-6-22(19,20)8-10/h3-4,7,10,16H,5-6,8H2,1-2H3,(H,17,18). The van der Waals surface area contributed by atoms with Gasteiger partial charge in [-0.15, -0.1) is 0 Å². The minimum Gasteiger partial charge on any atom is -0.497 e. The van der Waals surface area contributed by atoms with E-state index in [1.54, 1.807) is 13.2 Å². The van der Waals surface area contributed by atoms with Crippen LogP contribution < -0.4 is 10.1 Å². The molecular formula is C15H18N2O4S. The highest BCUT2D eigenvalue weighted by molar-refractivity contribution is 7.91. The molecule has 1 fully saturated rings. The second-order valence-electron chi connectivity index (χ2n) is 5.61. The second-order valence-corrected chi connectivity index (χ2v) is 7.84. The van der Waals surface area contributed by atoms with Crippen molar-refractivity contribution < 1.29 is 17.9 Å². The van der Waals surface area contributed by atoms with Crippen LogP contribution in [0.5, 0.6) is 5.75 Å². The first-order valence-corrected chi connectivity index (χ1v) is 8.89. The van der Waals surface area contributed by atoms with E-state index in [1.807, 2.05) is 19.1 Å². The van der Waals surface area contributed by atoms with Gasteiger partial charge in [-0.3, -0.25) is 4.79 Å². The van der Waals surface area contributed by atoms with Gasteiger partial charge in [-0.25, -0.2) is 8.42 Å². The first-order valence-electron chi connectivity index (χ1n) is 7.07. The molecule has 1 atom stereocenters. The van der Waals surface area contributed by atoms with Crippen molar-refractivity contribution in [2.24, 2.45) is 0 Å². The van der Waals surface area contributed by atoms with Crippen LogP contribution in [0.4, 0.5) is 0 Å². The Balaban J connectivity index is 1.92. The summed E-state index contributed by atoms with van der Waals surface area (Å²) in [5, 5.41) is 3.60. The van der Waals surface area contributed by atoms with Crippen LogP contribution in [0, 0.1) is 6.92 Å². The van der Waals surface area contributed by atoms with Crippen molar-refractivity contribution in [3.63, 3.8) is 0 Å². The Bertz CT molecular complexity index is 839. The molecule has 1 aliphatic heterocycles.